The van der Waals surface area contributed by atoms with Crippen LogP contribution in [0, 0.1) is 0 Å². The highest BCUT2D eigenvalue weighted by molar-refractivity contribution is 6.17. The van der Waals surface area contributed by atoms with Gasteiger partial charge in [0, 0.05) is 16.7 Å². The van der Waals surface area contributed by atoms with Crippen LogP contribution in [0.1, 0.15) is 0 Å². The lowest BCUT2D eigenvalue weighted by molar-refractivity contribution is 1.18. The summed E-state index contributed by atoms with van der Waals surface area (Å²) in [7, 11) is 0. The standard InChI is InChI=1S/C60H38N2/c1-2-14-44(15-3-1)60-61-58(38-59(62-60)54-24-12-19-39-13-6-8-20-48(39)54)43-31-29-41(30-32-43)51-34-33-50(52-22-10-11-23-53(51)52)40-25-27-42(28-26-40)55-37-47-18-7-9-21-49(47)56-35-45-16-4-5-17-46(45)36-57(55)56/h1-38H. The highest BCUT2D eigenvalue weighted by Crippen LogP contribution is 2.41. The first-order valence-corrected chi connectivity index (χ1v) is 21.2. The fraction of sp³-hybridized carbons (Fsp3) is 0. The number of aromatic nitrogens is 2. The van der Waals surface area contributed by atoms with Gasteiger partial charge in [-0.2, -0.15) is 0 Å². The molecule has 0 spiro atoms. The maximum atomic E-state index is 5.13. The van der Waals surface area contributed by atoms with Crippen molar-refractivity contribution in [2.75, 3.05) is 0 Å². The summed E-state index contributed by atoms with van der Waals surface area (Å²) in [5, 5.41) is 12.4. The van der Waals surface area contributed by atoms with Crippen molar-refractivity contribution in [2.24, 2.45) is 0 Å². The van der Waals surface area contributed by atoms with Crippen molar-refractivity contribution >= 4 is 53.9 Å². The molecular formula is C60H38N2. The molecule has 0 aliphatic heterocycles. The summed E-state index contributed by atoms with van der Waals surface area (Å²) in [6, 6.07) is 83.1. The van der Waals surface area contributed by atoms with Crippen molar-refractivity contribution in [3.8, 4) is 67.3 Å². The molecule has 0 saturated heterocycles. The van der Waals surface area contributed by atoms with Crippen molar-refractivity contribution in [2.45, 2.75) is 0 Å². The van der Waals surface area contributed by atoms with Crippen LogP contribution >= 0.6 is 0 Å². The Hall–Kier alpha value is -8.20. The van der Waals surface area contributed by atoms with Crippen LogP contribution in [0.2, 0.25) is 0 Å². The summed E-state index contributed by atoms with van der Waals surface area (Å²) in [5.74, 6) is 0.712. The van der Waals surface area contributed by atoms with Crippen molar-refractivity contribution in [3.63, 3.8) is 0 Å². The van der Waals surface area contributed by atoms with Gasteiger partial charge in [-0.3, -0.25) is 0 Å². The van der Waals surface area contributed by atoms with Gasteiger partial charge in [0.25, 0.3) is 0 Å². The van der Waals surface area contributed by atoms with E-state index in [0.717, 1.165) is 33.6 Å². The van der Waals surface area contributed by atoms with E-state index in [4.69, 9.17) is 9.97 Å². The second kappa shape index (κ2) is 14.8. The smallest absolute Gasteiger partial charge is 0.160 e. The zero-order valence-electron chi connectivity index (χ0n) is 33.8. The number of hydrogen-bond donors (Lipinski definition) is 0. The lowest BCUT2D eigenvalue weighted by Crippen LogP contribution is -1.96. The fourth-order valence-corrected chi connectivity index (χ4v) is 9.38. The van der Waals surface area contributed by atoms with Crippen molar-refractivity contribution in [1.29, 1.82) is 0 Å². The summed E-state index contributed by atoms with van der Waals surface area (Å²) in [5.41, 5.74) is 12.2. The highest BCUT2D eigenvalue weighted by Gasteiger charge is 2.16. The second-order valence-corrected chi connectivity index (χ2v) is 16.1. The Morgan fingerprint density at radius 1 is 0.210 bits per heavy atom. The molecule has 0 fully saturated rings. The fourth-order valence-electron chi connectivity index (χ4n) is 9.38. The third-order valence-corrected chi connectivity index (χ3v) is 12.5. The van der Waals surface area contributed by atoms with Gasteiger partial charge in [-0.25, -0.2) is 9.97 Å². The Bertz CT molecular complexity index is 3660. The zero-order valence-corrected chi connectivity index (χ0v) is 33.8. The van der Waals surface area contributed by atoms with E-state index in [2.05, 4.69) is 212 Å². The molecule has 0 aliphatic carbocycles. The summed E-state index contributed by atoms with van der Waals surface area (Å²) in [6.45, 7) is 0. The molecule has 0 amide bonds. The van der Waals surface area contributed by atoms with Crippen LogP contribution in [0.3, 0.4) is 0 Å². The predicted octanol–water partition coefficient (Wildman–Crippen LogP) is 16.2. The van der Waals surface area contributed by atoms with Crippen LogP contribution in [-0.2, 0) is 0 Å². The first-order chi connectivity index (χ1) is 30.7. The van der Waals surface area contributed by atoms with E-state index in [9.17, 15) is 0 Å². The van der Waals surface area contributed by atoms with Crippen molar-refractivity contribution in [1.82, 2.24) is 9.97 Å². The number of benzene rings is 11. The molecular weight excluding hydrogens is 749 g/mol. The van der Waals surface area contributed by atoms with Gasteiger partial charge < -0.3 is 0 Å². The van der Waals surface area contributed by atoms with Gasteiger partial charge in [0.05, 0.1) is 11.4 Å². The lowest BCUT2D eigenvalue weighted by Gasteiger charge is -2.15. The molecule has 0 atom stereocenters. The molecule has 0 N–H and O–H groups in total. The molecule has 0 bridgehead atoms. The number of hydrogen-bond acceptors (Lipinski definition) is 2. The summed E-state index contributed by atoms with van der Waals surface area (Å²) < 4.78 is 0. The van der Waals surface area contributed by atoms with Crippen molar-refractivity contribution < 1.29 is 0 Å². The van der Waals surface area contributed by atoms with Gasteiger partial charge in [-0.15, -0.1) is 0 Å². The SMILES string of the molecule is c1ccc(-c2nc(-c3ccc(-c4ccc(-c5ccc(-c6cc7ccccc7c7cc8ccccc8cc67)cc5)c5ccccc45)cc3)cc(-c3cccc4ccccc34)n2)cc1. The average molecular weight is 787 g/mol. The van der Waals surface area contributed by atoms with E-state index in [0.29, 0.717) is 5.82 Å². The lowest BCUT2D eigenvalue weighted by atomic mass is 9.89. The molecule has 2 nitrogen and oxygen atoms in total. The maximum Gasteiger partial charge on any atom is 0.160 e. The van der Waals surface area contributed by atoms with Crippen LogP contribution in [0.5, 0.6) is 0 Å². The molecule has 0 aliphatic rings. The zero-order chi connectivity index (χ0) is 41.0. The van der Waals surface area contributed by atoms with Crippen LogP contribution in [0.15, 0.2) is 231 Å². The number of nitrogens with zero attached hydrogens (tertiary/aromatic N) is 2. The minimum Gasteiger partial charge on any atom is -0.228 e. The van der Waals surface area contributed by atoms with E-state index < -0.39 is 0 Å². The number of rotatable bonds is 6. The normalized spacial score (nSPS) is 11.5. The van der Waals surface area contributed by atoms with Gasteiger partial charge in [-0.05, 0) is 112 Å². The monoisotopic (exact) mass is 786 g/mol. The number of fused-ring (bicyclic) bond motifs is 6. The molecule has 2 heteroatoms. The quantitative estimate of drug-likeness (QED) is 0.124. The summed E-state index contributed by atoms with van der Waals surface area (Å²) in [4.78, 5) is 10.3. The predicted molar refractivity (Wildman–Crippen MR) is 262 cm³/mol. The van der Waals surface area contributed by atoms with Gasteiger partial charge in [0.15, 0.2) is 5.82 Å². The Balaban J connectivity index is 0.909. The minimum atomic E-state index is 0.712. The van der Waals surface area contributed by atoms with Gasteiger partial charge in [-0.1, -0.05) is 206 Å². The summed E-state index contributed by atoms with van der Waals surface area (Å²) >= 11 is 0. The molecule has 0 unspecified atom stereocenters. The largest absolute Gasteiger partial charge is 0.228 e. The first kappa shape index (κ1) is 35.7. The Morgan fingerprint density at radius 2 is 0.694 bits per heavy atom. The molecule has 1 aromatic heterocycles. The third-order valence-electron chi connectivity index (χ3n) is 12.5. The van der Waals surface area contributed by atoms with Gasteiger partial charge in [0.1, 0.15) is 0 Å². The molecule has 12 rings (SSSR count). The molecule has 0 saturated carbocycles. The first-order valence-electron chi connectivity index (χ1n) is 21.2. The molecule has 62 heavy (non-hydrogen) atoms. The highest BCUT2D eigenvalue weighted by atomic mass is 14.9. The van der Waals surface area contributed by atoms with E-state index in [1.54, 1.807) is 0 Å². The van der Waals surface area contributed by atoms with Crippen LogP contribution in [0.4, 0.5) is 0 Å². The van der Waals surface area contributed by atoms with E-state index in [1.807, 2.05) is 18.2 Å². The molecule has 1 heterocycles. The molecule has 12 aromatic rings. The van der Waals surface area contributed by atoms with Gasteiger partial charge >= 0.3 is 0 Å². The van der Waals surface area contributed by atoms with Crippen LogP contribution < -0.4 is 0 Å². The Morgan fingerprint density at radius 3 is 1.35 bits per heavy atom. The molecule has 0 radical (unpaired) electrons. The van der Waals surface area contributed by atoms with Crippen molar-refractivity contribution in [3.05, 3.63) is 231 Å². The topological polar surface area (TPSA) is 25.8 Å². The average Bonchev–Trinajstić information content (AvgIpc) is 3.35. The van der Waals surface area contributed by atoms with Crippen LogP contribution in [-0.4, -0.2) is 9.97 Å². The Kier molecular flexibility index (Phi) is 8.53. The second-order valence-electron chi connectivity index (χ2n) is 16.1. The minimum absolute atomic E-state index is 0.712. The Labute approximate surface area is 360 Å². The third kappa shape index (κ3) is 6.20. The van der Waals surface area contributed by atoms with Crippen LogP contribution in [0.25, 0.3) is 121 Å². The molecule has 11 aromatic carbocycles. The van der Waals surface area contributed by atoms with E-state index in [1.165, 1.54) is 81.7 Å². The molecule has 288 valence electrons. The summed E-state index contributed by atoms with van der Waals surface area (Å²) in [6.07, 6.45) is 0. The van der Waals surface area contributed by atoms with E-state index >= 15 is 0 Å². The van der Waals surface area contributed by atoms with Gasteiger partial charge in [0.2, 0.25) is 0 Å². The maximum absolute atomic E-state index is 5.13. The van der Waals surface area contributed by atoms with E-state index in [-0.39, 0.29) is 0 Å².